The molecule has 0 amide bonds. The number of hydrogen-bond donors (Lipinski definition) is 2. The number of unbranched alkanes of at least 4 members (excludes halogenated alkanes) is 2. The van der Waals surface area contributed by atoms with Crippen molar-refractivity contribution < 1.29 is 15.2 Å². The summed E-state index contributed by atoms with van der Waals surface area (Å²) in [5.74, 6) is -0.0625. The van der Waals surface area contributed by atoms with Crippen molar-refractivity contribution in [2.75, 3.05) is 0 Å². The standard InChI is InChI=1S/C18H20N2O4/c1-2-3-4-6-13-9-15(12-19-22)18(21)17(10-13)14-7-5-8-16(11-14)20(23)24/h5,7-12,21-22H,2-4,6H2,1H3. The molecule has 0 radical (unpaired) electrons. The Kier molecular flexibility index (Phi) is 5.89. The number of aryl methyl sites for hydroxylation is 1. The van der Waals surface area contributed by atoms with E-state index in [4.69, 9.17) is 5.21 Å². The molecule has 0 fully saturated rings. The van der Waals surface area contributed by atoms with Gasteiger partial charge >= 0.3 is 0 Å². The highest BCUT2D eigenvalue weighted by Gasteiger charge is 2.14. The van der Waals surface area contributed by atoms with Gasteiger partial charge in [-0.3, -0.25) is 10.1 Å². The maximum absolute atomic E-state index is 11.0. The van der Waals surface area contributed by atoms with Crippen LogP contribution in [0.4, 0.5) is 5.69 Å². The number of nitro groups is 1. The van der Waals surface area contributed by atoms with Crippen molar-refractivity contribution in [2.45, 2.75) is 32.6 Å². The van der Waals surface area contributed by atoms with Crippen LogP contribution in [0.2, 0.25) is 0 Å². The summed E-state index contributed by atoms with van der Waals surface area (Å²) in [6, 6.07) is 9.71. The predicted octanol–water partition coefficient (Wildman–Crippen LogP) is 4.51. The second-order valence-corrected chi connectivity index (χ2v) is 5.59. The third kappa shape index (κ3) is 4.10. The molecule has 0 saturated heterocycles. The van der Waals surface area contributed by atoms with Gasteiger partial charge in [0.25, 0.3) is 5.69 Å². The zero-order valence-corrected chi connectivity index (χ0v) is 13.5. The van der Waals surface area contributed by atoms with Gasteiger partial charge in [0.1, 0.15) is 5.75 Å². The number of oxime groups is 1. The molecule has 0 spiro atoms. The van der Waals surface area contributed by atoms with Gasteiger partial charge in [0.15, 0.2) is 0 Å². The number of benzene rings is 2. The SMILES string of the molecule is CCCCCc1cc(C=NO)c(O)c(-c2cccc([N+](=O)[O-])c2)c1. The molecule has 2 aromatic carbocycles. The first-order valence-electron chi connectivity index (χ1n) is 7.85. The fourth-order valence-corrected chi connectivity index (χ4v) is 2.61. The van der Waals surface area contributed by atoms with E-state index in [2.05, 4.69) is 12.1 Å². The Hall–Kier alpha value is -2.89. The number of phenolic OH excluding ortho intramolecular Hbond substituents is 1. The first-order valence-corrected chi connectivity index (χ1v) is 7.85. The maximum atomic E-state index is 11.0. The number of nitrogens with zero attached hydrogens (tertiary/aromatic N) is 2. The molecule has 0 bridgehead atoms. The van der Waals surface area contributed by atoms with Crippen molar-refractivity contribution in [3.8, 4) is 16.9 Å². The van der Waals surface area contributed by atoms with E-state index < -0.39 is 4.92 Å². The summed E-state index contributed by atoms with van der Waals surface area (Å²) >= 11 is 0. The lowest BCUT2D eigenvalue weighted by atomic mass is 9.96. The van der Waals surface area contributed by atoms with Crippen LogP contribution in [0, 0.1) is 10.1 Å². The zero-order chi connectivity index (χ0) is 17.5. The van der Waals surface area contributed by atoms with Crippen LogP contribution in [-0.2, 0) is 6.42 Å². The molecule has 0 aliphatic heterocycles. The van der Waals surface area contributed by atoms with Gasteiger partial charge in [-0.05, 0) is 36.1 Å². The van der Waals surface area contributed by atoms with Gasteiger partial charge in [-0.25, -0.2) is 0 Å². The second-order valence-electron chi connectivity index (χ2n) is 5.59. The fraction of sp³-hybridized carbons (Fsp3) is 0.278. The first-order chi connectivity index (χ1) is 11.6. The normalized spacial score (nSPS) is 11.0. The van der Waals surface area contributed by atoms with Crippen LogP contribution in [0.5, 0.6) is 5.75 Å². The Morgan fingerprint density at radius 3 is 2.71 bits per heavy atom. The number of phenols is 1. The number of non-ortho nitro benzene ring substituents is 1. The van der Waals surface area contributed by atoms with Gasteiger partial charge < -0.3 is 10.3 Å². The summed E-state index contributed by atoms with van der Waals surface area (Å²) < 4.78 is 0. The monoisotopic (exact) mass is 328 g/mol. The third-order valence-electron chi connectivity index (χ3n) is 3.83. The van der Waals surface area contributed by atoms with Crippen molar-refractivity contribution in [1.82, 2.24) is 0 Å². The van der Waals surface area contributed by atoms with Crippen LogP contribution < -0.4 is 0 Å². The largest absolute Gasteiger partial charge is 0.507 e. The highest BCUT2D eigenvalue weighted by Crippen LogP contribution is 2.35. The summed E-state index contributed by atoms with van der Waals surface area (Å²) in [4.78, 5) is 10.5. The molecule has 0 aliphatic carbocycles. The number of nitro benzene ring substituents is 1. The molecule has 0 heterocycles. The predicted molar refractivity (Wildman–Crippen MR) is 92.8 cm³/mol. The first kappa shape index (κ1) is 17.5. The van der Waals surface area contributed by atoms with E-state index in [9.17, 15) is 15.2 Å². The Morgan fingerprint density at radius 1 is 1.25 bits per heavy atom. The molecule has 2 aromatic rings. The van der Waals surface area contributed by atoms with Crippen LogP contribution in [0.15, 0.2) is 41.6 Å². The second kappa shape index (κ2) is 8.10. The lowest BCUT2D eigenvalue weighted by molar-refractivity contribution is -0.384. The van der Waals surface area contributed by atoms with Crippen molar-refractivity contribution >= 4 is 11.9 Å². The van der Waals surface area contributed by atoms with E-state index >= 15 is 0 Å². The van der Waals surface area contributed by atoms with Gasteiger partial charge in [0.2, 0.25) is 0 Å². The van der Waals surface area contributed by atoms with Crippen LogP contribution >= 0.6 is 0 Å². The molecule has 0 saturated carbocycles. The van der Waals surface area contributed by atoms with E-state index in [-0.39, 0.29) is 11.4 Å². The minimum absolute atomic E-state index is 0.0411. The van der Waals surface area contributed by atoms with E-state index in [1.165, 1.54) is 18.3 Å². The molecule has 0 aliphatic rings. The fourth-order valence-electron chi connectivity index (χ4n) is 2.61. The average molecular weight is 328 g/mol. The average Bonchev–Trinajstić information content (AvgIpc) is 2.58. The number of aromatic hydroxyl groups is 1. The topological polar surface area (TPSA) is 96.0 Å². The van der Waals surface area contributed by atoms with E-state index in [0.717, 1.165) is 31.2 Å². The Morgan fingerprint density at radius 2 is 2.04 bits per heavy atom. The Balaban J connectivity index is 2.50. The van der Waals surface area contributed by atoms with Crippen LogP contribution in [0.25, 0.3) is 11.1 Å². The molecule has 24 heavy (non-hydrogen) atoms. The molecule has 2 N–H and O–H groups in total. The van der Waals surface area contributed by atoms with Gasteiger partial charge in [-0.2, -0.15) is 0 Å². The molecule has 0 unspecified atom stereocenters. The van der Waals surface area contributed by atoms with Crippen molar-refractivity contribution in [3.05, 3.63) is 57.6 Å². The summed E-state index contributed by atoms with van der Waals surface area (Å²) in [6.07, 6.45) is 5.18. The highest BCUT2D eigenvalue weighted by atomic mass is 16.6. The smallest absolute Gasteiger partial charge is 0.270 e. The van der Waals surface area contributed by atoms with E-state index in [1.807, 2.05) is 6.07 Å². The summed E-state index contributed by atoms with van der Waals surface area (Å²) in [6.45, 7) is 2.12. The maximum Gasteiger partial charge on any atom is 0.270 e. The van der Waals surface area contributed by atoms with Crippen molar-refractivity contribution in [3.63, 3.8) is 0 Å². The van der Waals surface area contributed by atoms with E-state index in [1.54, 1.807) is 18.2 Å². The van der Waals surface area contributed by atoms with Gasteiger partial charge in [0, 0.05) is 23.3 Å². The minimum atomic E-state index is -0.470. The zero-order valence-electron chi connectivity index (χ0n) is 13.5. The van der Waals surface area contributed by atoms with Gasteiger partial charge in [0.05, 0.1) is 11.1 Å². The van der Waals surface area contributed by atoms with Gasteiger partial charge in [-0.1, -0.05) is 37.1 Å². The molecule has 0 atom stereocenters. The Labute approximate surface area is 140 Å². The number of rotatable bonds is 7. The molecule has 6 nitrogen and oxygen atoms in total. The van der Waals surface area contributed by atoms with Crippen LogP contribution in [-0.4, -0.2) is 21.5 Å². The lowest BCUT2D eigenvalue weighted by Gasteiger charge is -2.11. The highest BCUT2D eigenvalue weighted by molar-refractivity contribution is 5.89. The molecule has 0 aromatic heterocycles. The van der Waals surface area contributed by atoms with Crippen LogP contribution in [0.1, 0.15) is 37.3 Å². The molecule has 2 rings (SSSR count). The van der Waals surface area contributed by atoms with E-state index in [0.29, 0.717) is 16.7 Å². The summed E-state index contributed by atoms with van der Waals surface area (Å²) in [7, 11) is 0. The molecule has 6 heteroatoms. The lowest BCUT2D eigenvalue weighted by Crippen LogP contribution is -1.94. The minimum Gasteiger partial charge on any atom is -0.507 e. The molecule has 126 valence electrons. The van der Waals surface area contributed by atoms with Crippen molar-refractivity contribution in [2.24, 2.45) is 5.16 Å². The number of hydrogen-bond acceptors (Lipinski definition) is 5. The summed E-state index contributed by atoms with van der Waals surface area (Å²) in [5, 5.41) is 33.2. The van der Waals surface area contributed by atoms with Gasteiger partial charge in [-0.15, -0.1) is 0 Å². The van der Waals surface area contributed by atoms with Crippen LogP contribution in [0.3, 0.4) is 0 Å². The Bertz CT molecular complexity index is 757. The quantitative estimate of drug-likeness (QED) is 0.257. The summed E-state index contributed by atoms with van der Waals surface area (Å²) in [5.41, 5.74) is 2.36. The van der Waals surface area contributed by atoms with Crippen molar-refractivity contribution in [1.29, 1.82) is 0 Å². The third-order valence-corrected chi connectivity index (χ3v) is 3.83. The molecular formula is C18H20N2O4. The molecular weight excluding hydrogens is 308 g/mol.